The number of nitrogens with one attached hydrogen (secondary N) is 1. The Morgan fingerprint density at radius 3 is 2.31 bits per heavy atom. The Morgan fingerprint density at radius 2 is 1.85 bits per heavy atom. The molecule has 0 saturated heterocycles. The smallest absolute Gasteiger partial charge is 0.00699 e. The van der Waals surface area contributed by atoms with Crippen LogP contribution in [0.1, 0.15) is 58.8 Å². The van der Waals surface area contributed by atoms with Crippen LogP contribution >= 0.6 is 0 Å². The van der Waals surface area contributed by atoms with E-state index in [1.807, 2.05) is 0 Å². The molecule has 0 aromatic rings. The molecule has 1 atom stereocenters. The molecule has 0 heterocycles. The van der Waals surface area contributed by atoms with Crippen molar-refractivity contribution < 1.29 is 0 Å². The van der Waals surface area contributed by atoms with E-state index < -0.39 is 0 Å². The Bertz CT molecular complexity index is 162. The number of hydrogen-bond donors (Lipinski definition) is 1. The zero-order chi connectivity index (χ0) is 9.31. The third kappa shape index (κ3) is 2.25. The van der Waals surface area contributed by atoms with Crippen LogP contribution in [0.3, 0.4) is 0 Å². The van der Waals surface area contributed by atoms with Gasteiger partial charge in [0.05, 0.1) is 0 Å². The molecule has 76 valence electrons. The first-order valence-electron chi connectivity index (χ1n) is 6.00. The van der Waals surface area contributed by atoms with E-state index in [0.717, 1.165) is 17.5 Å². The van der Waals surface area contributed by atoms with E-state index in [2.05, 4.69) is 19.2 Å². The van der Waals surface area contributed by atoms with Gasteiger partial charge in [0.2, 0.25) is 0 Å². The third-order valence-corrected chi connectivity index (χ3v) is 4.14. The number of rotatable bonds is 3. The molecule has 2 aliphatic rings. The molecule has 1 unspecified atom stereocenters. The van der Waals surface area contributed by atoms with Gasteiger partial charge in [-0.25, -0.2) is 0 Å². The summed E-state index contributed by atoms with van der Waals surface area (Å²) in [6.45, 7) is 4.57. The molecule has 2 saturated carbocycles. The molecule has 2 rings (SSSR count). The molecule has 1 spiro atoms. The second-order valence-electron chi connectivity index (χ2n) is 5.25. The van der Waals surface area contributed by atoms with Gasteiger partial charge >= 0.3 is 0 Å². The van der Waals surface area contributed by atoms with Crippen LogP contribution in [-0.4, -0.2) is 12.1 Å². The Labute approximate surface area is 82.3 Å². The largest absolute Gasteiger partial charge is 0.312 e. The fourth-order valence-electron chi connectivity index (χ4n) is 2.59. The Kier molecular flexibility index (Phi) is 2.64. The Hall–Kier alpha value is -0.0400. The molecule has 0 aromatic carbocycles. The van der Waals surface area contributed by atoms with Gasteiger partial charge < -0.3 is 5.32 Å². The van der Waals surface area contributed by atoms with Crippen molar-refractivity contribution >= 4 is 0 Å². The minimum Gasteiger partial charge on any atom is -0.312 e. The Balaban J connectivity index is 1.71. The lowest BCUT2D eigenvalue weighted by Gasteiger charge is -2.31. The molecule has 0 aliphatic heterocycles. The van der Waals surface area contributed by atoms with Crippen LogP contribution in [0.5, 0.6) is 0 Å². The summed E-state index contributed by atoms with van der Waals surface area (Å²) in [4.78, 5) is 0. The van der Waals surface area contributed by atoms with E-state index in [-0.39, 0.29) is 0 Å². The molecule has 2 fully saturated rings. The van der Waals surface area contributed by atoms with Gasteiger partial charge in [-0.05, 0) is 57.3 Å². The van der Waals surface area contributed by atoms with Gasteiger partial charge in [-0.3, -0.25) is 0 Å². The van der Waals surface area contributed by atoms with Gasteiger partial charge in [0.15, 0.2) is 0 Å². The first-order chi connectivity index (χ1) is 6.24. The second-order valence-corrected chi connectivity index (χ2v) is 5.25. The monoisotopic (exact) mass is 181 g/mol. The summed E-state index contributed by atoms with van der Waals surface area (Å²) >= 11 is 0. The van der Waals surface area contributed by atoms with Crippen LogP contribution in [0.15, 0.2) is 0 Å². The zero-order valence-corrected chi connectivity index (χ0v) is 9.10. The molecule has 13 heavy (non-hydrogen) atoms. The quantitative estimate of drug-likeness (QED) is 0.705. The van der Waals surface area contributed by atoms with Crippen LogP contribution in [0, 0.1) is 5.41 Å². The maximum Gasteiger partial charge on any atom is 0.00699 e. The maximum absolute atomic E-state index is 3.73. The van der Waals surface area contributed by atoms with Crippen LogP contribution < -0.4 is 5.32 Å². The normalized spacial score (nSPS) is 29.1. The molecular formula is C12H23N. The van der Waals surface area contributed by atoms with Gasteiger partial charge in [0, 0.05) is 12.1 Å². The van der Waals surface area contributed by atoms with Crippen LogP contribution in [-0.2, 0) is 0 Å². The fourth-order valence-corrected chi connectivity index (χ4v) is 2.59. The molecule has 0 radical (unpaired) electrons. The predicted molar refractivity (Wildman–Crippen MR) is 56.8 cm³/mol. The number of hydrogen-bond acceptors (Lipinski definition) is 1. The van der Waals surface area contributed by atoms with Crippen LogP contribution in [0.2, 0.25) is 0 Å². The van der Waals surface area contributed by atoms with Crippen molar-refractivity contribution in [3.8, 4) is 0 Å². The summed E-state index contributed by atoms with van der Waals surface area (Å²) in [5.74, 6) is 0. The minimum atomic E-state index is 0.721. The highest BCUT2D eigenvalue weighted by Crippen LogP contribution is 2.56. The van der Waals surface area contributed by atoms with Crippen LogP contribution in [0.25, 0.3) is 0 Å². The maximum atomic E-state index is 3.73. The molecule has 0 aromatic heterocycles. The molecule has 0 amide bonds. The highest BCUT2D eigenvalue weighted by atomic mass is 14.9. The van der Waals surface area contributed by atoms with Crippen molar-refractivity contribution in [3.05, 3.63) is 0 Å². The summed E-state index contributed by atoms with van der Waals surface area (Å²) in [5, 5.41) is 3.73. The highest BCUT2D eigenvalue weighted by molar-refractivity contribution is 4.97. The summed E-state index contributed by atoms with van der Waals surface area (Å²) in [6, 6.07) is 1.56. The SMILES string of the molecule is CCC(C)NC1CCC2(CC1)CC2. The predicted octanol–water partition coefficient (Wildman–Crippen LogP) is 3.10. The summed E-state index contributed by atoms with van der Waals surface area (Å²) in [7, 11) is 0. The highest BCUT2D eigenvalue weighted by Gasteiger charge is 2.44. The molecule has 1 N–H and O–H groups in total. The van der Waals surface area contributed by atoms with E-state index in [0.29, 0.717) is 0 Å². The van der Waals surface area contributed by atoms with Gasteiger partial charge in [-0.15, -0.1) is 0 Å². The van der Waals surface area contributed by atoms with Gasteiger partial charge in [0.25, 0.3) is 0 Å². The summed E-state index contributed by atoms with van der Waals surface area (Å²) in [5.41, 5.74) is 0.855. The van der Waals surface area contributed by atoms with E-state index in [4.69, 9.17) is 0 Å². The Morgan fingerprint density at radius 1 is 1.23 bits per heavy atom. The van der Waals surface area contributed by atoms with Crippen molar-refractivity contribution in [2.45, 2.75) is 70.9 Å². The van der Waals surface area contributed by atoms with E-state index >= 15 is 0 Å². The molecule has 2 aliphatic carbocycles. The third-order valence-electron chi connectivity index (χ3n) is 4.14. The van der Waals surface area contributed by atoms with Crippen molar-refractivity contribution in [2.75, 3.05) is 0 Å². The lowest BCUT2D eigenvalue weighted by molar-refractivity contribution is 0.260. The summed E-state index contributed by atoms with van der Waals surface area (Å²) in [6.07, 6.45) is 10.2. The summed E-state index contributed by atoms with van der Waals surface area (Å²) < 4.78 is 0. The second kappa shape index (κ2) is 3.61. The topological polar surface area (TPSA) is 12.0 Å². The first-order valence-corrected chi connectivity index (χ1v) is 6.00. The first kappa shape index (κ1) is 9.51. The van der Waals surface area contributed by atoms with Crippen molar-refractivity contribution in [1.82, 2.24) is 5.32 Å². The molecular weight excluding hydrogens is 158 g/mol. The van der Waals surface area contributed by atoms with E-state index in [9.17, 15) is 0 Å². The van der Waals surface area contributed by atoms with Crippen molar-refractivity contribution in [3.63, 3.8) is 0 Å². The van der Waals surface area contributed by atoms with Crippen molar-refractivity contribution in [1.29, 1.82) is 0 Å². The van der Waals surface area contributed by atoms with Gasteiger partial charge in [-0.2, -0.15) is 0 Å². The van der Waals surface area contributed by atoms with Gasteiger partial charge in [0.1, 0.15) is 0 Å². The van der Waals surface area contributed by atoms with E-state index in [1.54, 1.807) is 0 Å². The average Bonchev–Trinajstić information content (AvgIpc) is 2.90. The molecule has 1 heteroatoms. The van der Waals surface area contributed by atoms with Crippen LogP contribution in [0.4, 0.5) is 0 Å². The minimum absolute atomic E-state index is 0.721. The molecule has 0 bridgehead atoms. The lowest BCUT2D eigenvalue weighted by Crippen LogP contribution is -2.39. The van der Waals surface area contributed by atoms with E-state index in [1.165, 1.54) is 44.9 Å². The van der Waals surface area contributed by atoms with Crippen molar-refractivity contribution in [2.24, 2.45) is 5.41 Å². The molecule has 1 nitrogen and oxygen atoms in total. The average molecular weight is 181 g/mol. The standard InChI is InChI=1S/C12H23N/c1-3-10(2)13-11-4-6-12(7-5-11)8-9-12/h10-11,13H,3-9H2,1-2H3. The lowest BCUT2D eigenvalue weighted by atomic mass is 9.83. The van der Waals surface area contributed by atoms with Gasteiger partial charge in [-0.1, -0.05) is 6.92 Å². The zero-order valence-electron chi connectivity index (χ0n) is 9.10. The fraction of sp³-hybridized carbons (Fsp3) is 1.00.